The molecule has 37 heavy (non-hydrogen) atoms. The van der Waals surface area contributed by atoms with E-state index in [1.165, 1.54) is 4.57 Å². The number of pyridine rings is 1. The van der Waals surface area contributed by atoms with E-state index in [1.807, 2.05) is 69.3 Å². The number of ether oxygens (including phenoxy) is 2. The van der Waals surface area contributed by atoms with Crippen LogP contribution in [0.5, 0.6) is 0 Å². The number of carbonyl (C=O) groups is 2. The molecule has 6 nitrogen and oxygen atoms in total. The second-order valence-electron chi connectivity index (χ2n) is 9.89. The topological polar surface area (TPSA) is 70.4 Å². The Balaban J connectivity index is 1.71. The van der Waals surface area contributed by atoms with Crippen LogP contribution in [-0.4, -0.2) is 34.3 Å². The molecular formula is C31H28N2O4. The molecule has 0 N–H and O–H groups in total. The van der Waals surface area contributed by atoms with Crippen molar-refractivity contribution in [2.75, 3.05) is 6.61 Å². The fourth-order valence-electron chi connectivity index (χ4n) is 4.53. The molecule has 186 valence electrons. The molecule has 0 saturated heterocycles. The first kappa shape index (κ1) is 24.3. The van der Waals surface area contributed by atoms with Crippen LogP contribution in [0.4, 0.5) is 4.79 Å². The minimum Gasteiger partial charge on any atom is -0.467 e. The average molecular weight is 493 g/mol. The van der Waals surface area contributed by atoms with E-state index in [0.29, 0.717) is 12.9 Å². The molecule has 0 atom stereocenters. The first-order valence-corrected chi connectivity index (χ1v) is 12.2. The summed E-state index contributed by atoms with van der Waals surface area (Å²) in [7, 11) is 0. The van der Waals surface area contributed by atoms with Crippen molar-refractivity contribution in [1.29, 1.82) is 0 Å². The van der Waals surface area contributed by atoms with Crippen LogP contribution in [-0.2, 0) is 20.7 Å². The third-order valence-electron chi connectivity index (χ3n) is 6.11. The molecule has 6 heteroatoms. The van der Waals surface area contributed by atoms with Crippen LogP contribution in [0.3, 0.4) is 0 Å². The Labute approximate surface area is 215 Å². The van der Waals surface area contributed by atoms with Gasteiger partial charge in [-0.15, -0.1) is 0 Å². The smallest absolute Gasteiger partial charge is 0.418 e. The average Bonchev–Trinajstić information content (AvgIpc) is 3.37. The van der Waals surface area contributed by atoms with Crippen molar-refractivity contribution in [2.45, 2.75) is 32.8 Å². The van der Waals surface area contributed by atoms with Crippen molar-refractivity contribution < 1.29 is 19.1 Å². The van der Waals surface area contributed by atoms with Crippen molar-refractivity contribution in [1.82, 2.24) is 9.55 Å². The SMILES string of the molecule is CC(C)(C)OC(=O)n1cccc1-c1cc(-c2cccc3ccccc23)c2nc(CCOC=O)ccc2c1. The minimum atomic E-state index is -0.607. The van der Waals surface area contributed by atoms with Gasteiger partial charge in [0.15, 0.2) is 0 Å². The number of fused-ring (bicyclic) bond motifs is 2. The Hall–Kier alpha value is -4.45. The van der Waals surface area contributed by atoms with Crippen molar-refractivity contribution in [3.05, 3.63) is 90.8 Å². The number of hydrogen-bond donors (Lipinski definition) is 0. The standard InChI is InChI=1S/C31H28N2O4/c1-31(2,3)37-30(35)33-16-7-12-28(33)23-18-22-13-14-24(15-17-36-20-34)32-29(22)27(19-23)26-11-6-9-21-8-4-5-10-25(21)26/h4-14,16,18-20H,15,17H2,1-3H3. The molecule has 0 bridgehead atoms. The molecule has 5 rings (SSSR count). The number of aromatic nitrogens is 2. The summed E-state index contributed by atoms with van der Waals surface area (Å²) in [4.78, 5) is 28.5. The Morgan fingerprint density at radius 1 is 0.919 bits per heavy atom. The Bertz CT molecular complexity index is 1610. The molecule has 0 aliphatic carbocycles. The van der Waals surface area contributed by atoms with Crippen LogP contribution >= 0.6 is 0 Å². The summed E-state index contributed by atoms with van der Waals surface area (Å²) in [5.74, 6) is 0. The van der Waals surface area contributed by atoms with E-state index in [9.17, 15) is 9.59 Å². The van der Waals surface area contributed by atoms with Gasteiger partial charge in [-0.2, -0.15) is 0 Å². The van der Waals surface area contributed by atoms with Crippen LogP contribution < -0.4 is 0 Å². The van der Waals surface area contributed by atoms with Gasteiger partial charge in [0.05, 0.1) is 17.8 Å². The number of benzene rings is 3. The van der Waals surface area contributed by atoms with Crippen LogP contribution in [0.1, 0.15) is 26.5 Å². The molecule has 0 saturated carbocycles. The molecule has 0 spiro atoms. The summed E-state index contributed by atoms with van der Waals surface area (Å²) in [5, 5.41) is 3.19. The van der Waals surface area contributed by atoms with E-state index in [2.05, 4.69) is 30.3 Å². The molecule has 0 radical (unpaired) electrons. The molecule has 3 aromatic carbocycles. The van der Waals surface area contributed by atoms with Gasteiger partial charge in [-0.1, -0.05) is 48.5 Å². The van der Waals surface area contributed by atoms with Crippen molar-refractivity contribution >= 4 is 34.2 Å². The lowest BCUT2D eigenvalue weighted by Gasteiger charge is -2.21. The van der Waals surface area contributed by atoms with Gasteiger partial charge in [-0.3, -0.25) is 14.3 Å². The lowest BCUT2D eigenvalue weighted by molar-refractivity contribution is -0.128. The monoisotopic (exact) mass is 492 g/mol. The van der Waals surface area contributed by atoms with Gasteiger partial charge in [0, 0.05) is 34.8 Å². The molecule has 0 aliphatic heterocycles. The Morgan fingerprint density at radius 3 is 2.54 bits per heavy atom. The predicted molar refractivity (Wildman–Crippen MR) is 145 cm³/mol. The first-order chi connectivity index (χ1) is 17.8. The molecule has 0 aliphatic rings. The van der Waals surface area contributed by atoms with Crippen LogP contribution in [0.15, 0.2) is 85.1 Å². The van der Waals surface area contributed by atoms with E-state index in [-0.39, 0.29) is 6.61 Å². The second kappa shape index (κ2) is 9.90. The molecule has 0 fully saturated rings. The zero-order chi connectivity index (χ0) is 26.0. The van der Waals surface area contributed by atoms with Crippen molar-refractivity contribution in [2.24, 2.45) is 0 Å². The molecule has 2 heterocycles. The quantitative estimate of drug-likeness (QED) is 0.188. The zero-order valence-electron chi connectivity index (χ0n) is 21.1. The summed E-state index contributed by atoms with van der Waals surface area (Å²) >= 11 is 0. The van der Waals surface area contributed by atoms with Gasteiger partial charge >= 0.3 is 6.09 Å². The lowest BCUT2D eigenvalue weighted by atomic mass is 9.93. The summed E-state index contributed by atoms with van der Waals surface area (Å²) in [6.45, 7) is 6.28. The van der Waals surface area contributed by atoms with Crippen molar-refractivity contribution in [3.63, 3.8) is 0 Å². The fourth-order valence-corrected chi connectivity index (χ4v) is 4.53. The van der Waals surface area contributed by atoms with Crippen molar-refractivity contribution in [3.8, 4) is 22.4 Å². The van der Waals surface area contributed by atoms with Crippen LogP contribution in [0, 0.1) is 0 Å². The van der Waals surface area contributed by atoms with Gasteiger partial charge in [-0.25, -0.2) is 4.79 Å². The molecule has 5 aromatic rings. The minimum absolute atomic E-state index is 0.271. The van der Waals surface area contributed by atoms with E-state index >= 15 is 0 Å². The highest BCUT2D eigenvalue weighted by molar-refractivity contribution is 6.05. The van der Waals surface area contributed by atoms with Gasteiger partial charge < -0.3 is 9.47 Å². The molecular weight excluding hydrogens is 464 g/mol. The van der Waals surface area contributed by atoms with Gasteiger partial charge in [0.1, 0.15) is 5.60 Å². The summed E-state index contributed by atoms with van der Waals surface area (Å²) < 4.78 is 12.1. The van der Waals surface area contributed by atoms with Crippen LogP contribution in [0.2, 0.25) is 0 Å². The highest BCUT2D eigenvalue weighted by Gasteiger charge is 2.21. The van der Waals surface area contributed by atoms with E-state index < -0.39 is 11.7 Å². The van der Waals surface area contributed by atoms with E-state index in [0.717, 1.165) is 49.8 Å². The third-order valence-corrected chi connectivity index (χ3v) is 6.11. The largest absolute Gasteiger partial charge is 0.467 e. The predicted octanol–water partition coefficient (Wildman–Crippen LogP) is 7.02. The van der Waals surface area contributed by atoms with Gasteiger partial charge in [0.25, 0.3) is 6.47 Å². The highest BCUT2D eigenvalue weighted by atomic mass is 16.6. The normalized spacial score (nSPS) is 11.5. The van der Waals surface area contributed by atoms with Crippen LogP contribution in [0.25, 0.3) is 44.1 Å². The maximum absolute atomic E-state index is 13.0. The number of carbonyl (C=O) groups excluding carboxylic acids is 2. The molecule has 0 unspecified atom stereocenters. The first-order valence-electron chi connectivity index (χ1n) is 12.2. The number of nitrogens with zero attached hydrogens (tertiary/aromatic N) is 2. The van der Waals surface area contributed by atoms with E-state index in [4.69, 9.17) is 14.5 Å². The van der Waals surface area contributed by atoms with E-state index in [1.54, 1.807) is 6.20 Å². The highest BCUT2D eigenvalue weighted by Crippen LogP contribution is 2.37. The fraction of sp³-hybridized carbons (Fsp3) is 0.194. The lowest BCUT2D eigenvalue weighted by Crippen LogP contribution is -2.27. The molecule has 2 aromatic heterocycles. The number of rotatable bonds is 6. The molecule has 0 amide bonds. The second-order valence-corrected chi connectivity index (χ2v) is 9.89. The Morgan fingerprint density at radius 2 is 1.73 bits per heavy atom. The maximum atomic E-state index is 13.0. The summed E-state index contributed by atoms with van der Waals surface area (Å²) in [6.07, 6.45) is 1.81. The zero-order valence-corrected chi connectivity index (χ0v) is 21.1. The third kappa shape index (κ3) is 5.09. The summed E-state index contributed by atoms with van der Waals surface area (Å²) in [5.41, 5.74) is 4.70. The van der Waals surface area contributed by atoms with Gasteiger partial charge in [0.2, 0.25) is 0 Å². The maximum Gasteiger partial charge on any atom is 0.418 e. The number of hydrogen-bond acceptors (Lipinski definition) is 5. The summed E-state index contributed by atoms with van der Waals surface area (Å²) in [6, 6.07) is 26.3. The van der Waals surface area contributed by atoms with Gasteiger partial charge in [-0.05, 0) is 67.4 Å². The Kier molecular flexibility index (Phi) is 6.49.